The first-order valence-electron chi connectivity index (χ1n) is 7.22. The Balaban J connectivity index is 1.68. The summed E-state index contributed by atoms with van der Waals surface area (Å²) in [6.07, 6.45) is 6.19. The Morgan fingerprint density at radius 1 is 1.17 bits per heavy atom. The topological polar surface area (TPSA) is 39.7 Å². The molecule has 0 unspecified atom stereocenters. The fraction of sp³-hybridized carbons (Fsp3) is 1.00. The summed E-state index contributed by atoms with van der Waals surface area (Å²) >= 11 is 0. The van der Waals surface area contributed by atoms with Gasteiger partial charge in [0, 0.05) is 39.5 Å². The molecule has 4 nitrogen and oxygen atoms in total. The third kappa shape index (κ3) is 4.84. The molecule has 1 N–H and O–H groups in total. The molecule has 0 atom stereocenters. The van der Waals surface area contributed by atoms with Crippen LogP contribution in [0.15, 0.2) is 0 Å². The van der Waals surface area contributed by atoms with E-state index in [9.17, 15) is 0 Å². The van der Waals surface area contributed by atoms with Crippen molar-refractivity contribution < 1.29 is 14.2 Å². The molecule has 2 fully saturated rings. The maximum atomic E-state index is 5.63. The SMILES string of the molecule is COCCOCCC1(CNC2CC2)CCOCC1. The van der Waals surface area contributed by atoms with Crippen LogP contribution in [0, 0.1) is 5.41 Å². The molecule has 0 aromatic carbocycles. The Morgan fingerprint density at radius 3 is 2.61 bits per heavy atom. The molecule has 1 aliphatic carbocycles. The molecule has 0 aromatic heterocycles. The van der Waals surface area contributed by atoms with Crippen molar-refractivity contribution in [1.29, 1.82) is 0 Å². The molecule has 1 saturated heterocycles. The minimum Gasteiger partial charge on any atom is -0.382 e. The molecule has 2 rings (SSSR count). The van der Waals surface area contributed by atoms with Gasteiger partial charge >= 0.3 is 0 Å². The normalized spacial score (nSPS) is 23.2. The van der Waals surface area contributed by atoms with Crippen LogP contribution in [0.5, 0.6) is 0 Å². The Labute approximate surface area is 110 Å². The van der Waals surface area contributed by atoms with Crippen LogP contribution in [-0.2, 0) is 14.2 Å². The molecule has 0 amide bonds. The molecule has 0 spiro atoms. The molecule has 18 heavy (non-hydrogen) atoms. The van der Waals surface area contributed by atoms with E-state index >= 15 is 0 Å². The molecule has 0 radical (unpaired) electrons. The summed E-state index contributed by atoms with van der Waals surface area (Å²) in [6, 6.07) is 0.791. The van der Waals surface area contributed by atoms with Gasteiger partial charge in [-0.3, -0.25) is 0 Å². The number of hydrogen-bond acceptors (Lipinski definition) is 4. The molecule has 1 aliphatic heterocycles. The van der Waals surface area contributed by atoms with E-state index in [1.807, 2.05) is 0 Å². The number of ether oxygens (including phenoxy) is 3. The van der Waals surface area contributed by atoms with Crippen molar-refractivity contribution in [3.8, 4) is 0 Å². The Hall–Kier alpha value is -0.160. The first-order chi connectivity index (χ1) is 8.85. The van der Waals surface area contributed by atoms with E-state index < -0.39 is 0 Å². The number of rotatable bonds is 9. The van der Waals surface area contributed by atoms with E-state index in [4.69, 9.17) is 14.2 Å². The smallest absolute Gasteiger partial charge is 0.0700 e. The van der Waals surface area contributed by atoms with Crippen LogP contribution in [0.1, 0.15) is 32.1 Å². The molecular weight excluding hydrogens is 230 g/mol. The second kappa shape index (κ2) is 7.43. The summed E-state index contributed by atoms with van der Waals surface area (Å²) < 4.78 is 16.1. The average Bonchev–Trinajstić information content (AvgIpc) is 3.22. The first kappa shape index (κ1) is 14.3. The van der Waals surface area contributed by atoms with Crippen molar-refractivity contribution in [2.75, 3.05) is 46.7 Å². The van der Waals surface area contributed by atoms with Crippen LogP contribution in [0.25, 0.3) is 0 Å². The zero-order chi connectivity index (χ0) is 12.7. The van der Waals surface area contributed by atoms with Gasteiger partial charge in [-0.05, 0) is 37.5 Å². The van der Waals surface area contributed by atoms with Gasteiger partial charge in [-0.1, -0.05) is 0 Å². The fourth-order valence-corrected chi connectivity index (χ4v) is 2.50. The van der Waals surface area contributed by atoms with Crippen LogP contribution in [0.2, 0.25) is 0 Å². The highest BCUT2D eigenvalue weighted by Gasteiger charge is 2.34. The highest BCUT2D eigenvalue weighted by Crippen LogP contribution is 2.34. The second-order valence-electron chi connectivity index (χ2n) is 5.62. The zero-order valence-corrected chi connectivity index (χ0v) is 11.6. The van der Waals surface area contributed by atoms with Crippen LogP contribution in [0.3, 0.4) is 0 Å². The van der Waals surface area contributed by atoms with Gasteiger partial charge in [0.2, 0.25) is 0 Å². The average molecular weight is 257 g/mol. The molecule has 106 valence electrons. The third-order valence-corrected chi connectivity index (χ3v) is 4.11. The Morgan fingerprint density at radius 2 is 1.94 bits per heavy atom. The van der Waals surface area contributed by atoms with Crippen LogP contribution in [0.4, 0.5) is 0 Å². The first-order valence-corrected chi connectivity index (χ1v) is 7.22. The van der Waals surface area contributed by atoms with Crippen LogP contribution in [-0.4, -0.2) is 52.7 Å². The molecule has 1 saturated carbocycles. The molecule has 4 heteroatoms. The molecule has 2 aliphatic rings. The lowest BCUT2D eigenvalue weighted by atomic mass is 9.77. The summed E-state index contributed by atoms with van der Waals surface area (Å²) in [7, 11) is 1.71. The lowest BCUT2D eigenvalue weighted by Gasteiger charge is -2.37. The van der Waals surface area contributed by atoms with Crippen molar-refractivity contribution in [2.24, 2.45) is 5.41 Å². The third-order valence-electron chi connectivity index (χ3n) is 4.11. The van der Waals surface area contributed by atoms with Crippen molar-refractivity contribution >= 4 is 0 Å². The highest BCUT2D eigenvalue weighted by atomic mass is 16.5. The van der Waals surface area contributed by atoms with E-state index in [0.717, 1.165) is 38.8 Å². The van der Waals surface area contributed by atoms with E-state index in [-0.39, 0.29) is 0 Å². The van der Waals surface area contributed by atoms with Gasteiger partial charge in [-0.2, -0.15) is 0 Å². The fourth-order valence-electron chi connectivity index (χ4n) is 2.50. The monoisotopic (exact) mass is 257 g/mol. The van der Waals surface area contributed by atoms with E-state index in [1.54, 1.807) is 7.11 Å². The van der Waals surface area contributed by atoms with Gasteiger partial charge in [0.05, 0.1) is 13.2 Å². The van der Waals surface area contributed by atoms with E-state index in [0.29, 0.717) is 18.6 Å². The maximum absolute atomic E-state index is 5.63. The Kier molecular flexibility index (Phi) is 5.89. The molecular formula is C14H27NO3. The van der Waals surface area contributed by atoms with Crippen molar-refractivity contribution in [3.63, 3.8) is 0 Å². The van der Waals surface area contributed by atoms with Crippen molar-refractivity contribution in [1.82, 2.24) is 5.32 Å². The largest absolute Gasteiger partial charge is 0.382 e. The Bertz CT molecular complexity index is 225. The number of hydrogen-bond donors (Lipinski definition) is 1. The summed E-state index contributed by atoms with van der Waals surface area (Å²) in [5.74, 6) is 0. The predicted octanol–water partition coefficient (Wildman–Crippen LogP) is 1.59. The van der Waals surface area contributed by atoms with E-state index in [2.05, 4.69) is 5.32 Å². The van der Waals surface area contributed by atoms with E-state index in [1.165, 1.54) is 25.7 Å². The lowest BCUT2D eigenvalue weighted by molar-refractivity contribution is -0.0113. The standard InChI is InChI=1S/C14H27NO3/c1-16-10-11-18-9-6-14(4-7-17-8-5-14)12-15-13-2-3-13/h13,15H,2-12H2,1H3. The van der Waals surface area contributed by atoms with Gasteiger partial charge in [-0.15, -0.1) is 0 Å². The highest BCUT2D eigenvalue weighted by molar-refractivity contribution is 4.89. The van der Waals surface area contributed by atoms with Gasteiger partial charge in [0.25, 0.3) is 0 Å². The van der Waals surface area contributed by atoms with Crippen molar-refractivity contribution in [3.05, 3.63) is 0 Å². The summed E-state index contributed by atoms with van der Waals surface area (Å²) in [4.78, 5) is 0. The molecule has 0 bridgehead atoms. The van der Waals surface area contributed by atoms with Gasteiger partial charge in [-0.25, -0.2) is 0 Å². The van der Waals surface area contributed by atoms with Crippen molar-refractivity contribution in [2.45, 2.75) is 38.1 Å². The van der Waals surface area contributed by atoms with Gasteiger partial charge < -0.3 is 19.5 Å². The molecule has 1 heterocycles. The summed E-state index contributed by atoms with van der Waals surface area (Å²) in [6.45, 7) is 5.19. The minimum absolute atomic E-state index is 0.397. The summed E-state index contributed by atoms with van der Waals surface area (Å²) in [5, 5.41) is 3.68. The van der Waals surface area contributed by atoms with Gasteiger partial charge in [0.1, 0.15) is 0 Å². The predicted molar refractivity (Wildman–Crippen MR) is 70.8 cm³/mol. The second-order valence-corrected chi connectivity index (χ2v) is 5.62. The van der Waals surface area contributed by atoms with Gasteiger partial charge in [0.15, 0.2) is 0 Å². The molecule has 0 aromatic rings. The van der Waals surface area contributed by atoms with Crippen LogP contribution < -0.4 is 5.32 Å². The quantitative estimate of drug-likeness (QED) is 0.637. The minimum atomic E-state index is 0.397. The maximum Gasteiger partial charge on any atom is 0.0700 e. The number of nitrogens with one attached hydrogen (secondary N) is 1. The summed E-state index contributed by atoms with van der Waals surface area (Å²) in [5.41, 5.74) is 0.397. The number of methoxy groups -OCH3 is 1. The zero-order valence-electron chi connectivity index (χ0n) is 11.6. The lowest BCUT2D eigenvalue weighted by Crippen LogP contribution is -2.40. The van der Waals surface area contributed by atoms with Crippen LogP contribution >= 0.6 is 0 Å².